The Hall–Kier alpha value is -2.37. The Morgan fingerprint density at radius 1 is 1.16 bits per heavy atom. The van der Waals surface area contributed by atoms with Crippen LogP contribution in [-0.4, -0.2) is 42.7 Å². The number of nitrogens with zero attached hydrogens (tertiary/aromatic N) is 1. The van der Waals surface area contributed by atoms with Crippen molar-refractivity contribution in [3.63, 3.8) is 0 Å². The summed E-state index contributed by atoms with van der Waals surface area (Å²) in [4.78, 5) is 14.4. The SMILES string of the molecule is CCOc1ccccc1NC(=O)CN(C)C(CCO)c1ccccc1. The van der Waals surface area contributed by atoms with E-state index in [-0.39, 0.29) is 25.1 Å². The summed E-state index contributed by atoms with van der Waals surface area (Å²) in [5.74, 6) is 0.546. The van der Waals surface area contributed by atoms with E-state index in [4.69, 9.17) is 4.74 Å². The summed E-state index contributed by atoms with van der Waals surface area (Å²) < 4.78 is 5.54. The number of carbonyl (C=O) groups is 1. The van der Waals surface area contributed by atoms with Crippen LogP contribution in [0.15, 0.2) is 54.6 Å². The first-order chi connectivity index (χ1) is 12.2. The van der Waals surface area contributed by atoms with Crippen LogP contribution in [0.1, 0.15) is 24.9 Å². The molecule has 0 bridgehead atoms. The van der Waals surface area contributed by atoms with Crippen LogP contribution in [0.5, 0.6) is 5.75 Å². The molecule has 2 aromatic carbocycles. The Kier molecular flexibility index (Phi) is 7.44. The molecule has 2 aromatic rings. The molecule has 5 heteroatoms. The highest BCUT2D eigenvalue weighted by Crippen LogP contribution is 2.25. The van der Waals surface area contributed by atoms with Gasteiger partial charge in [0.15, 0.2) is 0 Å². The van der Waals surface area contributed by atoms with Gasteiger partial charge in [0.2, 0.25) is 5.91 Å². The second kappa shape index (κ2) is 9.81. The molecule has 0 saturated carbocycles. The van der Waals surface area contributed by atoms with Crippen LogP contribution in [-0.2, 0) is 4.79 Å². The zero-order valence-electron chi connectivity index (χ0n) is 14.8. The Bertz CT molecular complexity index is 661. The van der Waals surface area contributed by atoms with Crippen LogP contribution in [0.4, 0.5) is 5.69 Å². The predicted molar refractivity (Wildman–Crippen MR) is 99.8 cm³/mol. The number of carbonyl (C=O) groups excluding carboxylic acids is 1. The number of para-hydroxylation sites is 2. The van der Waals surface area contributed by atoms with Gasteiger partial charge in [-0.05, 0) is 38.1 Å². The average Bonchev–Trinajstić information content (AvgIpc) is 2.62. The van der Waals surface area contributed by atoms with Crippen molar-refractivity contribution in [2.75, 3.05) is 32.1 Å². The number of hydrogen-bond donors (Lipinski definition) is 2. The van der Waals surface area contributed by atoms with Gasteiger partial charge >= 0.3 is 0 Å². The minimum absolute atomic E-state index is 0.0147. The second-order valence-electron chi connectivity index (χ2n) is 5.83. The molecule has 5 nitrogen and oxygen atoms in total. The molecule has 2 rings (SSSR count). The third-order valence-corrected chi connectivity index (χ3v) is 3.97. The van der Waals surface area contributed by atoms with Crippen LogP contribution in [0.2, 0.25) is 0 Å². The Morgan fingerprint density at radius 3 is 2.52 bits per heavy atom. The van der Waals surface area contributed by atoms with Crippen molar-refractivity contribution in [3.05, 3.63) is 60.2 Å². The molecular weight excluding hydrogens is 316 g/mol. The number of aliphatic hydroxyl groups is 1. The summed E-state index contributed by atoms with van der Waals surface area (Å²) in [5.41, 5.74) is 1.75. The normalized spacial score (nSPS) is 12.0. The van der Waals surface area contributed by atoms with Crippen molar-refractivity contribution in [2.45, 2.75) is 19.4 Å². The van der Waals surface area contributed by atoms with E-state index in [9.17, 15) is 9.90 Å². The smallest absolute Gasteiger partial charge is 0.238 e. The molecule has 0 spiro atoms. The molecule has 1 atom stereocenters. The summed E-state index contributed by atoms with van der Waals surface area (Å²) in [7, 11) is 1.89. The van der Waals surface area contributed by atoms with Crippen molar-refractivity contribution < 1.29 is 14.6 Å². The topological polar surface area (TPSA) is 61.8 Å². The first kappa shape index (κ1) is 19.0. The number of anilines is 1. The largest absolute Gasteiger partial charge is 0.492 e. The first-order valence-corrected chi connectivity index (χ1v) is 8.53. The zero-order valence-corrected chi connectivity index (χ0v) is 14.8. The quantitative estimate of drug-likeness (QED) is 0.735. The molecule has 1 unspecified atom stereocenters. The predicted octanol–water partition coefficient (Wildman–Crippen LogP) is 3.08. The minimum Gasteiger partial charge on any atom is -0.492 e. The highest BCUT2D eigenvalue weighted by atomic mass is 16.5. The fourth-order valence-electron chi connectivity index (χ4n) is 2.82. The van der Waals surface area contributed by atoms with E-state index >= 15 is 0 Å². The van der Waals surface area contributed by atoms with Gasteiger partial charge in [0.1, 0.15) is 5.75 Å². The molecule has 2 N–H and O–H groups in total. The fourth-order valence-corrected chi connectivity index (χ4v) is 2.82. The average molecular weight is 342 g/mol. The fraction of sp³-hybridized carbons (Fsp3) is 0.350. The van der Waals surface area contributed by atoms with Crippen LogP contribution in [0.25, 0.3) is 0 Å². The summed E-state index contributed by atoms with van der Waals surface area (Å²) in [6.07, 6.45) is 0.573. The lowest BCUT2D eigenvalue weighted by Crippen LogP contribution is -2.34. The number of ether oxygens (including phenoxy) is 1. The van der Waals surface area contributed by atoms with Crippen LogP contribution >= 0.6 is 0 Å². The number of likely N-dealkylation sites (N-methyl/N-ethyl adjacent to an activating group) is 1. The second-order valence-corrected chi connectivity index (χ2v) is 5.83. The van der Waals surface area contributed by atoms with Crippen molar-refractivity contribution in [2.24, 2.45) is 0 Å². The number of benzene rings is 2. The van der Waals surface area contributed by atoms with E-state index in [1.54, 1.807) is 0 Å². The van der Waals surface area contributed by atoms with Gasteiger partial charge in [0, 0.05) is 12.6 Å². The van der Waals surface area contributed by atoms with Crippen molar-refractivity contribution in [3.8, 4) is 5.75 Å². The summed E-state index contributed by atoms with van der Waals surface area (Å²) >= 11 is 0. The molecule has 0 heterocycles. The van der Waals surface area contributed by atoms with Gasteiger partial charge in [-0.15, -0.1) is 0 Å². The number of rotatable bonds is 9. The van der Waals surface area contributed by atoms with Crippen LogP contribution < -0.4 is 10.1 Å². The molecule has 0 aliphatic rings. The molecule has 1 amide bonds. The first-order valence-electron chi connectivity index (χ1n) is 8.53. The molecule has 0 aromatic heterocycles. The van der Waals surface area contributed by atoms with Gasteiger partial charge in [-0.2, -0.15) is 0 Å². The van der Waals surface area contributed by atoms with E-state index < -0.39 is 0 Å². The Balaban J connectivity index is 2.03. The van der Waals surface area contributed by atoms with Crippen LogP contribution in [0, 0.1) is 0 Å². The third-order valence-electron chi connectivity index (χ3n) is 3.97. The van der Waals surface area contributed by atoms with Crippen LogP contribution in [0.3, 0.4) is 0 Å². The Morgan fingerprint density at radius 2 is 1.84 bits per heavy atom. The lowest BCUT2D eigenvalue weighted by atomic mass is 10.0. The molecular formula is C20H26N2O3. The Labute approximate surface area is 149 Å². The van der Waals surface area contributed by atoms with E-state index in [0.717, 1.165) is 5.56 Å². The maximum Gasteiger partial charge on any atom is 0.238 e. The highest BCUT2D eigenvalue weighted by Gasteiger charge is 2.19. The summed E-state index contributed by atoms with van der Waals surface area (Å²) in [6, 6.07) is 17.3. The molecule has 0 aliphatic carbocycles. The van der Waals surface area contributed by atoms with Gasteiger partial charge in [-0.25, -0.2) is 0 Å². The highest BCUT2D eigenvalue weighted by molar-refractivity contribution is 5.93. The van der Waals surface area contributed by atoms with E-state index in [0.29, 0.717) is 24.5 Å². The van der Waals surface area contributed by atoms with Gasteiger partial charge in [-0.1, -0.05) is 42.5 Å². The number of hydrogen-bond acceptors (Lipinski definition) is 4. The van der Waals surface area contributed by atoms with Gasteiger partial charge in [0.05, 0.1) is 18.8 Å². The van der Waals surface area contributed by atoms with Gasteiger partial charge in [-0.3, -0.25) is 9.69 Å². The molecule has 25 heavy (non-hydrogen) atoms. The van der Waals surface area contributed by atoms with Gasteiger partial charge in [0.25, 0.3) is 0 Å². The van der Waals surface area contributed by atoms with Gasteiger partial charge < -0.3 is 15.2 Å². The maximum atomic E-state index is 12.4. The molecule has 134 valence electrons. The van der Waals surface area contributed by atoms with E-state index in [2.05, 4.69) is 5.32 Å². The minimum atomic E-state index is -0.117. The molecule has 0 fully saturated rings. The van der Waals surface area contributed by atoms with Crippen molar-refractivity contribution in [1.29, 1.82) is 0 Å². The van der Waals surface area contributed by atoms with Crippen molar-refractivity contribution in [1.82, 2.24) is 4.90 Å². The lowest BCUT2D eigenvalue weighted by molar-refractivity contribution is -0.117. The summed E-state index contributed by atoms with van der Waals surface area (Å²) in [5, 5.41) is 12.3. The molecule has 0 radical (unpaired) electrons. The molecule has 0 saturated heterocycles. The van der Waals surface area contributed by atoms with E-state index in [1.165, 1.54) is 0 Å². The summed E-state index contributed by atoms with van der Waals surface area (Å²) in [6.45, 7) is 2.74. The van der Waals surface area contributed by atoms with E-state index in [1.807, 2.05) is 73.5 Å². The standard InChI is InChI=1S/C20H26N2O3/c1-3-25-19-12-8-7-11-17(19)21-20(24)15-22(2)18(13-14-23)16-9-5-4-6-10-16/h4-12,18,23H,3,13-15H2,1-2H3,(H,21,24). The third kappa shape index (κ3) is 5.59. The van der Waals surface area contributed by atoms with Crippen molar-refractivity contribution >= 4 is 11.6 Å². The lowest BCUT2D eigenvalue weighted by Gasteiger charge is -2.27. The molecule has 0 aliphatic heterocycles. The monoisotopic (exact) mass is 342 g/mol. The number of amides is 1. The number of nitrogens with one attached hydrogen (secondary N) is 1. The zero-order chi connectivity index (χ0) is 18.1. The number of aliphatic hydroxyl groups excluding tert-OH is 1. The maximum absolute atomic E-state index is 12.4.